The van der Waals surface area contributed by atoms with E-state index in [0.29, 0.717) is 22.9 Å². The Hall–Kier alpha value is -4.34. The van der Waals surface area contributed by atoms with Crippen LogP contribution in [0, 0.1) is 5.92 Å². The molecule has 0 aliphatic heterocycles. The fraction of sp³-hybridized carbons (Fsp3) is 0.167. The van der Waals surface area contributed by atoms with Crippen molar-refractivity contribution in [1.29, 1.82) is 0 Å². The molecule has 0 saturated heterocycles. The fourth-order valence-corrected chi connectivity index (χ4v) is 5.68. The van der Waals surface area contributed by atoms with E-state index in [2.05, 4.69) is 10.0 Å². The molecule has 0 fully saturated rings. The molecule has 0 heterocycles. The van der Waals surface area contributed by atoms with E-state index in [1.807, 2.05) is 19.1 Å². The Kier molecular flexibility index (Phi) is 8.53. The number of carboxylic acids is 1. The van der Waals surface area contributed by atoms with Crippen LogP contribution in [0.25, 0.3) is 10.8 Å². The number of carboxylic acid groups (broad SMARTS) is 1. The van der Waals surface area contributed by atoms with Gasteiger partial charge in [-0.25, -0.2) is 8.42 Å². The Bertz CT molecular complexity index is 1620. The number of hydrogen-bond donors (Lipinski definition) is 3. The predicted octanol–water partition coefficient (Wildman–Crippen LogP) is 3.95. The second-order valence-electron chi connectivity index (χ2n) is 9.07. The normalized spacial score (nSPS) is 12.9. The molecule has 0 aliphatic carbocycles. The highest BCUT2D eigenvalue weighted by Crippen LogP contribution is 2.21. The van der Waals surface area contributed by atoms with Crippen LogP contribution in [-0.4, -0.2) is 37.3 Å². The van der Waals surface area contributed by atoms with Crippen LogP contribution in [0.1, 0.15) is 28.4 Å². The summed E-state index contributed by atoms with van der Waals surface area (Å²) < 4.78 is 29.2. The molecule has 2 amide bonds. The van der Waals surface area contributed by atoms with Crippen molar-refractivity contribution in [3.63, 3.8) is 0 Å². The molecule has 8 nitrogen and oxygen atoms in total. The largest absolute Gasteiger partial charge is 0.481 e. The lowest BCUT2D eigenvalue weighted by Crippen LogP contribution is -2.54. The number of fused-ring (bicyclic) bond motifs is 1. The van der Waals surface area contributed by atoms with Crippen molar-refractivity contribution in [2.24, 2.45) is 5.92 Å². The summed E-state index contributed by atoms with van der Waals surface area (Å²) in [6, 6.07) is 25.1. The topological polar surface area (TPSA) is 130 Å². The third-order valence-corrected chi connectivity index (χ3v) is 7.93. The van der Waals surface area contributed by atoms with Gasteiger partial charge >= 0.3 is 5.97 Å². The SMILES string of the molecule is CCc1ccccc1C(=O)NC(=O)[C@@H](NS(=O)(=O)c1ccc2ccccc2c1)C(Cc1ccccc1)C(=O)O. The van der Waals surface area contributed by atoms with Gasteiger partial charge in [-0.1, -0.05) is 85.8 Å². The van der Waals surface area contributed by atoms with Gasteiger partial charge in [-0.15, -0.1) is 0 Å². The van der Waals surface area contributed by atoms with E-state index in [9.17, 15) is 27.9 Å². The summed E-state index contributed by atoms with van der Waals surface area (Å²) in [4.78, 5) is 38.7. The molecule has 0 aliphatic rings. The Balaban J connectivity index is 1.70. The molecule has 0 aromatic heterocycles. The Morgan fingerprint density at radius 1 is 0.821 bits per heavy atom. The molecule has 0 bridgehead atoms. The molecule has 0 saturated carbocycles. The van der Waals surface area contributed by atoms with Gasteiger partial charge in [0.2, 0.25) is 15.9 Å². The highest BCUT2D eigenvalue weighted by atomic mass is 32.2. The summed E-state index contributed by atoms with van der Waals surface area (Å²) in [5.74, 6) is -4.69. The minimum atomic E-state index is -4.37. The lowest BCUT2D eigenvalue weighted by Gasteiger charge is -2.24. The van der Waals surface area contributed by atoms with Gasteiger partial charge in [0.25, 0.3) is 5.91 Å². The van der Waals surface area contributed by atoms with Gasteiger partial charge < -0.3 is 5.11 Å². The summed E-state index contributed by atoms with van der Waals surface area (Å²) >= 11 is 0. The lowest BCUT2D eigenvalue weighted by atomic mass is 9.92. The molecule has 9 heteroatoms. The van der Waals surface area contributed by atoms with Gasteiger partial charge in [0.1, 0.15) is 6.04 Å². The van der Waals surface area contributed by atoms with Crippen LogP contribution < -0.4 is 10.0 Å². The van der Waals surface area contributed by atoms with Crippen molar-refractivity contribution in [3.05, 3.63) is 114 Å². The number of benzene rings is 4. The maximum absolute atomic E-state index is 13.5. The van der Waals surface area contributed by atoms with E-state index < -0.39 is 39.8 Å². The summed E-state index contributed by atoms with van der Waals surface area (Å²) in [7, 11) is -4.37. The van der Waals surface area contributed by atoms with Gasteiger partial charge in [0.05, 0.1) is 10.8 Å². The first kappa shape index (κ1) is 27.7. The number of nitrogens with one attached hydrogen (secondary N) is 2. The van der Waals surface area contributed by atoms with Gasteiger partial charge in [-0.05, 0) is 52.9 Å². The van der Waals surface area contributed by atoms with Crippen LogP contribution in [0.5, 0.6) is 0 Å². The minimum absolute atomic E-state index is 0.134. The zero-order chi connectivity index (χ0) is 28.0. The van der Waals surface area contributed by atoms with E-state index in [1.165, 1.54) is 12.1 Å². The third kappa shape index (κ3) is 6.57. The smallest absolute Gasteiger partial charge is 0.309 e. The van der Waals surface area contributed by atoms with Crippen LogP contribution >= 0.6 is 0 Å². The average Bonchev–Trinajstić information content (AvgIpc) is 2.94. The van der Waals surface area contributed by atoms with Gasteiger partial charge in [-0.2, -0.15) is 4.72 Å². The molecule has 200 valence electrons. The number of sulfonamides is 1. The van der Waals surface area contributed by atoms with Crippen molar-refractivity contribution < 1.29 is 27.9 Å². The number of carbonyl (C=O) groups is 3. The minimum Gasteiger partial charge on any atom is -0.481 e. The summed E-state index contributed by atoms with van der Waals surface area (Å²) in [5, 5.41) is 13.8. The number of imide groups is 1. The standard InChI is InChI=1S/C30H28N2O6S/c1-2-21-12-8-9-15-25(21)28(33)31-29(34)27(26(30(35)36)18-20-10-4-3-5-11-20)32-39(37,38)24-17-16-22-13-6-7-14-23(22)19-24/h3-17,19,26-27,32H,2,18H2,1H3,(H,35,36)(H,31,33,34)/t26?,27-/m0/s1. The highest BCUT2D eigenvalue weighted by molar-refractivity contribution is 7.89. The van der Waals surface area contributed by atoms with Crippen LogP contribution in [0.4, 0.5) is 0 Å². The second kappa shape index (κ2) is 12.0. The van der Waals surface area contributed by atoms with Gasteiger partial charge in [-0.3, -0.25) is 19.7 Å². The van der Waals surface area contributed by atoms with E-state index in [4.69, 9.17) is 0 Å². The quantitative estimate of drug-likeness (QED) is 0.277. The molecule has 4 rings (SSSR count). The highest BCUT2D eigenvalue weighted by Gasteiger charge is 2.38. The van der Waals surface area contributed by atoms with Crippen LogP contribution in [0.2, 0.25) is 0 Å². The zero-order valence-electron chi connectivity index (χ0n) is 21.2. The number of hydrogen-bond acceptors (Lipinski definition) is 5. The predicted molar refractivity (Wildman–Crippen MR) is 148 cm³/mol. The van der Waals surface area contributed by atoms with Crippen molar-refractivity contribution in [1.82, 2.24) is 10.0 Å². The average molecular weight is 545 g/mol. The van der Waals surface area contributed by atoms with Crippen LogP contribution in [0.15, 0.2) is 102 Å². The monoisotopic (exact) mass is 544 g/mol. The number of rotatable bonds is 10. The summed E-state index contributed by atoms with van der Waals surface area (Å²) in [5.41, 5.74) is 1.53. The molecular weight excluding hydrogens is 516 g/mol. The molecule has 4 aromatic carbocycles. The van der Waals surface area contributed by atoms with Crippen molar-refractivity contribution in [2.45, 2.75) is 30.7 Å². The molecule has 3 N–H and O–H groups in total. The Morgan fingerprint density at radius 2 is 1.46 bits per heavy atom. The fourth-order valence-electron chi connectivity index (χ4n) is 4.41. The van der Waals surface area contributed by atoms with Crippen LogP contribution in [0.3, 0.4) is 0 Å². The molecule has 39 heavy (non-hydrogen) atoms. The summed E-state index contributed by atoms with van der Waals surface area (Å²) in [6.45, 7) is 1.86. The number of aryl methyl sites for hydroxylation is 1. The van der Waals surface area contributed by atoms with Crippen LogP contribution in [-0.2, 0) is 32.5 Å². The lowest BCUT2D eigenvalue weighted by molar-refractivity contribution is -0.145. The maximum atomic E-state index is 13.5. The first-order chi connectivity index (χ1) is 18.7. The molecule has 1 unspecified atom stereocenters. The molecular formula is C30H28N2O6S. The van der Waals surface area contributed by atoms with Crippen molar-refractivity contribution in [2.75, 3.05) is 0 Å². The Labute approximate surface area is 226 Å². The summed E-state index contributed by atoms with van der Waals surface area (Å²) in [6.07, 6.45) is 0.385. The maximum Gasteiger partial charge on any atom is 0.309 e. The molecule has 0 radical (unpaired) electrons. The van der Waals surface area contributed by atoms with E-state index in [1.54, 1.807) is 72.8 Å². The molecule has 4 aromatic rings. The number of carbonyl (C=O) groups excluding carboxylic acids is 2. The van der Waals surface area contributed by atoms with E-state index in [-0.39, 0.29) is 16.9 Å². The second-order valence-corrected chi connectivity index (χ2v) is 10.8. The van der Waals surface area contributed by atoms with Crippen molar-refractivity contribution in [3.8, 4) is 0 Å². The molecule has 0 spiro atoms. The van der Waals surface area contributed by atoms with Gasteiger partial charge in [0.15, 0.2) is 0 Å². The molecule has 2 atom stereocenters. The van der Waals surface area contributed by atoms with Crippen molar-refractivity contribution >= 4 is 38.6 Å². The van der Waals surface area contributed by atoms with Gasteiger partial charge in [0, 0.05) is 5.56 Å². The third-order valence-electron chi connectivity index (χ3n) is 6.49. The van der Waals surface area contributed by atoms with E-state index in [0.717, 1.165) is 5.39 Å². The van der Waals surface area contributed by atoms with E-state index >= 15 is 0 Å². The first-order valence-electron chi connectivity index (χ1n) is 12.4. The number of aliphatic carboxylic acids is 1. The Morgan fingerprint density at radius 3 is 2.15 bits per heavy atom. The first-order valence-corrected chi connectivity index (χ1v) is 13.9. The number of amides is 2. The zero-order valence-corrected chi connectivity index (χ0v) is 22.0.